The van der Waals surface area contributed by atoms with E-state index in [1.165, 1.54) is 4.57 Å². The molecule has 0 saturated carbocycles. The number of rotatable bonds is 3. The molecule has 0 radical (unpaired) electrons. The third-order valence-corrected chi connectivity index (χ3v) is 1.96. The highest BCUT2D eigenvalue weighted by Gasteiger charge is 2.21. The average molecular weight is 184 g/mol. The lowest BCUT2D eigenvalue weighted by Crippen LogP contribution is -2.07. The molecular formula is C7H12N4O2. The van der Waals surface area contributed by atoms with Gasteiger partial charge in [-0.05, 0) is 4.92 Å². The zero-order chi connectivity index (χ0) is 10.0. The van der Waals surface area contributed by atoms with Crippen LogP contribution in [-0.2, 0) is 20.0 Å². The lowest BCUT2D eigenvalue weighted by molar-refractivity contribution is -0.396. The van der Waals surface area contributed by atoms with Crippen molar-refractivity contribution in [2.45, 2.75) is 19.9 Å². The highest BCUT2D eigenvalue weighted by Crippen LogP contribution is 2.16. The summed E-state index contributed by atoms with van der Waals surface area (Å²) >= 11 is 0. The Balaban J connectivity index is 3.26. The smallest absolute Gasteiger partial charge is 0.390 e. The Labute approximate surface area is 75.5 Å². The van der Waals surface area contributed by atoms with Crippen LogP contribution in [0.4, 0.5) is 5.95 Å². The number of hydrogen-bond donors (Lipinski definition) is 1. The molecule has 0 aliphatic carbocycles. The topological polar surface area (TPSA) is 87.0 Å². The van der Waals surface area contributed by atoms with Gasteiger partial charge in [-0.2, -0.15) is 0 Å². The molecule has 1 aromatic heterocycles. The molecule has 0 aromatic carbocycles. The molecule has 1 heterocycles. The van der Waals surface area contributed by atoms with Crippen LogP contribution in [0.3, 0.4) is 0 Å². The number of nitrogens with zero attached hydrogens (tertiary/aromatic N) is 3. The van der Waals surface area contributed by atoms with Gasteiger partial charge in [0.15, 0.2) is 5.69 Å². The van der Waals surface area contributed by atoms with Crippen molar-refractivity contribution in [2.75, 3.05) is 0 Å². The van der Waals surface area contributed by atoms with Gasteiger partial charge in [0.05, 0.1) is 13.6 Å². The first kappa shape index (κ1) is 9.66. The van der Waals surface area contributed by atoms with Crippen molar-refractivity contribution in [1.82, 2.24) is 9.55 Å². The molecule has 13 heavy (non-hydrogen) atoms. The van der Waals surface area contributed by atoms with Crippen LogP contribution in [0.15, 0.2) is 0 Å². The van der Waals surface area contributed by atoms with Crippen molar-refractivity contribution in [3.8, 4) is 0 Å². The van der Waals surface area contributed by atoms with E-state index in [2.05, 4.69) is 4.98 Å². The van der Waals surface area contributed by atoms with Gasteiger partial charge in [0, 0.05) is 6.42 Å². The first-order valence-corrected chi connectivity index (χ1v) is 4.00. The zero-order valence-corrected chi connectivity index (χ0v) is 7.65. The Hall–Kier alpha value is -1.43. The number of nitro groups is 1. The molecule has 0 fully saturated rings. The second-order valence-electron chi connectivity index (χ2n) is 2.68. The van der Waals surface area contributed by atoms with Gasteiger partial charge in [0.1, 0.15) is 5.69 Å². The summed E-state index contributed by atoms with van der Waals surface area (Å²) in [6.07, 6.45) is 0.661. The largest absolute Gasteiger partial charge is 0.434 e. The van der Waals surface area contributed by atoms with Crippen LogP contribution < -0.4 is 5.73 Å². The van der Waals surface area contributed by atoms with E-state index in [1.807, 2.05) is 6.92 Å². The highest BCUT2D eigenvalue weighted by atomic mass is 16.6. The van der Waals surface area contributed by atoms with E-state index in [-0.39, 0.29) is 12.5 Å². The van der Waals surface area contributed by atoms with Gasteiger partial charge in [-0.3, -0.25) is 0 Å². The fourth-order valence-corrected chi connectivity index (χ4v) is 1.28. The van der Waals surface area contributed by atoms with E-state index < -0.39 is 4.92 Å². The molecule has 2 N–H and O–H groups in total. The Morgan fingerprint density at radius 2 is 2.31 bits per heavy atom. The monoisotopic (exact) mass is 184 g/mol. The fourth-order valence-electron chi connectivity index (χ4n) is 1.28. The Bertz CT molecular complexity index is 331. The number of hydrogen-bond acceptors (Lipinski definition) is 4. The van der Waals surface area contributed by atoms with E-state index in [0.717, 1.165) is 5.69 Å². The van der Waals surface area contributed by atoms with E-state index in [9.17, 15) is 10.1 Å². The average Bonchev–Trinajstić information content (AvgIpc) is 2.41. The molecule has 0 saturated heterocycles. The van der Waals surface area contributed by atoms with Crippen LogP contribution >= 0.6 is 0 Å². The maximum absolute atomic E-state index is 10.5. The van der Waals surface area contributed by atoms with Crippen molar-refractivity contribution in [3.05, 3.63) is 21.5 Å². The van der Waals surface area contributed by atoms with Crippen LogP contribution in [-0.4, -0.2) is 14.5 Å². The Kier molecular flexibility index (Phi) is 2.62. The second-order valence-corrected chi connectivity index (χ2v) is 2.68. The first-order valence-electron chi connectivity index (χ1n) is 4.00. The molecule has 0 amide bonds. The third-order valence-electron chi connectivity index (χ3n) is 1.96. The predicted molar refractivity (Wildman–Crippen MR) is 47.1 cm³/mol. The first-order chi connectivity index (χ1) is 6.11. The van der Waals surface area contributed by atoms with Crippen molar-refractivity contribution >= 4 is 5.95 Å². The minimum Gasteiger partial charge on any atom is -0.390 e. The SMILES string of the molecule is CCc1nc([N+](=O)[O-])n(C)c1CN. The van der Waals surface area contributed by atoms with Crippen molar-refractivity contribution in [1.29, 1.82) is 0 Å². The maximum Gasteiger partial charge on any atom is 0.434 e. The summed E-state index contributed by atoms with van der Waals surface area (Å²) in [5.74, 6) is -0.141. The summed E-state index contributed by atoms with van der Waals surface area (Å²) in [7, 11) is 1.60. The molecule has 1 aromatic rings. The van der Waals surface area contributed by atoms with Crippen LogP contribution in [0.1, 0.15) is 18.3 Å². The summed E-state index contributed by atoms with van der Waals surface area (Å²) in [4.78, 5) is 13.9. The van der Waals surface area contributed by atoms with Crippen molar-refractivity contribution in [2.24, 2.45) is 12.8 Å². The molecule has 0 unspecified atom stereocenters. The summed E-state index contributed by atoms with van der Waals surface area (Å²) in [5.41, 5.74) is 6.89. The van der Waals surface area contributed by atoms with Gasteiger partial charge >= 0.3 is 5.95 Å². The number of aryl methyl sites for hydroxylation is 1. The molecule has 0 aliphatic heterocycles. The predicted octanol–water partition coefficient (Wildman–Crippen LogP) is 0.349. The summed E-state index contributed by atoms with van der Waals surface area (Å²) in [6, 6.07) is 0. The van der Waals surface area contributed by atoms with E-state index in [4.69, 9.17) is 5.73 Å². The van der Waals surface area contributed by atoms with E-state index in [1.54, 1.807) is 7.05 Å². The minimum atomic E-state index is -0.502. The summed E-state index contributed by atoms with van der Waals surface area (Å²) in [5, 5.41) is 10.5. The normalized spacial score (nSPS) is 10.4. The maximum atomic E-state index is 10.5. The van der Waals surface area contributed by atoms with Gasteiger partial charge in [-0.1, -0.05) is 11.9 Å². The zero-order valence-electron chi connectivity index (χ0n) is 7.65. The van der Waals surface area contributed by atoms with Gasteiger partial charge in [-0.15, -0.1) is 0 Å². The van der Waals surface area contributed by atoms with Gasteiger partial charge in [-0.25, -0.2) is 4.57 Å². The minimum absolute atomic E-state index is 0.141. The molecule has 6 heteroatoms. The van der Waals surface area contributed by atoms with Crippen molar-refractivity contribution in [3.63, 3.8) is 0 Å². The van der Waals surface area contributed by atoms with Crippen LogP contribution in [0, 0.1) is 10.1 Å². The Morgan fingerprint density at radius 3 is 2.62 bits per heavy atom. The number of imidazole rings is 1. The van der Waals surface area contributed by atoms with Gasteiger partial charge < -0.3 is 15.8 Å². The molecule has 6 nitrogen and oxygen atoms in total. The molecule has 0 spiro atoms. The van der Waals surface area contributed by atoms with Crippen LogP contribution in [0.5, 0.6) is 0 Å². The number of aromatic nitrogens is 2. The molecule has 0 atom stereocenters. The Morgan fingerprint density at radius 1 is 1.69 bits per heavy atom. The fraction of sp³-hybridized carbons (Fsp3) is 0.571. The van der Waals surface area contributed by atoms with Gasteiger partial charge in [0.25, 0.3) is 0 Å². The number of nitrogens with two attached hydrogens (primary N) is 1. The van der Waals surface area contributed by atoms with Crippen LogP contribution in [0.2, 0.25) is 0 Å². The lowest BCUT2D eigenvalue weighted by Gasteiger charge is -1.96. The standard InChI is InChI=1S/C7H12N4O2/c1-3-5-6(4-8)10(2)7(9-5)11(12)13/h3-4,8H2,1-2H3. The third kappa shape index (κ3) is 1.52. The molecule has 0 bridgehead atoms. The van der Waals surface area contributed by atoms with Gasteiger partial charge in [0.2, 0.25) is 0 Å². The van der Waals surface area contributed by atoms with E-state index >= 15 is 0 Å². The molecule has 72 valence electrons. The second kappa shape index (κ2) is 3.53. The summed E-state index contributed by atoms with van der Waals surface area (Å²) < 4.78 is 1.43. The molecule has 0 aliphatic rings. The summed E-state index contributed by atoms with van der Waals surface area (Å²) in [6.45, 7) is 2.17. The highest BCUT2D eigenvalue weighted by molar-refractivity contribution is 5.23. The van der Waals surface area contributed by atoms with Crippen LogP contribution in [0.25, 0.3) is 0 Å². The quantitative estimate of drug-likeness (QED) is 0.542. The molecular weight excluding hydrogens is 172 g/mol. The van der Waals surface area contributed by atoms with Crippen molar-refractivity contribution < 1.29 is 4.92 Å². The van der Waals surface area contributed by atoms with E-state index in [0.29, 0.717) is 12.1 Å². The lowest BCUT2D eigenvalue weighted by atomic mass is 10.2. The molecule has 1 rings (SSSR count).